The molecule has 0 unspecified atom stereocenters. The predicted molar refractivity (Wildman–Crippen MR) is 174 cm³/mol. The number of phenolic OH excluding ortho intramolecular Hbond substituents is 1. The van der Waals surface area contributed by atoms with E-state index < -0.39 is 60.3 Å². The second kappa shape index (κ2) is 19.5. The second-order valence-electron chi connectivity index (χ2n) is 11.7. The van der Waals surface area contributed by atoms with E-state index in [1.807, 2.05) is 44.2 Å². The number of rotatable bonds is 8. The third-order valence-corrected chi connectivity index (χ3v) is 7.03. The van der Waals surface area contributed by atoms with Gasteiger partial charge in [-0.1, -0.05) is 56.3 Å². The number of nitrogens with two attached hydrogens (primary N) is 1. The van der Waals surface area contributed by atoms with Crippen molar-refractivity contribution in [2.75, 3.05) is 13.1 Å². The highest BCUT2D eigenvalue weighted by atomic mass is 16.4. The summed E-state index contributed by atoms with van der Waals surface area (Å²) in [7, 11) is 0. The molecule has 256 valence electrons. The molecule has 1 fully saturated rings. The summed E-state index contributed by atoms with van der Waals surface area (Å²) in [5, 5.41) is 30.4. The fourth-order valence-corrected chi connectivity index (χ4v) is 4.74. The minimum absolute atomic E-state index is 0.0899. The minimum Gasteiger partial charge on any atom is -0.508 e. The Morgan fingerprint density at radius 2 is 1.53 bits per heavy atom. The van der Waals surface area contributed by atoms with Crippen LogP contribution in [0, 0.1) is 5.92 Å². The van der Waals surface area contributed by atoms with Crippen LogP contribution in [0.3, 0.4) is 0 Å². The predicted octanol–water partition coefficient (Wildman–Crippen LogP) is 0.122. The van der Waals surface area contributed by atoms with Crippen molar-refractivity contribution in [1.29, 1.82) is 0 Å². The van der Waals surface area contributed by atoms with Crippen LogP contribution in [0.1, 0.15) is 51.2 Å². The Balaban J connectivity index is 0.00000181. The molecule has 1 aliphatic heterocycles. The molecule has 47 heavy (non-hydrogen) atoms. The van der Waals surface area contributed by atoms with Crippen molar-refractivity contribution in [2.45, 2.75) is 77.0 Å². The zero-order valence-electron chi connectivity index (χ0n) is 27.0. The van der Waals surface area contributed by atoms with Crippen LogP contribution in [0.4, 0.5) is 0 Å². The second-order valence-corrected chi connectivity index (χ2v) is 11.7. The van der Waals surface area contributed by atoms with E-state index in [1.165, 1.54) is 12.1 Å². The first-order valence-corrected chi connectivity index (χ1v) is 15.5. The lowest BCUT2D eigenvalue weighted by Gasteiger charge is -2.24. The summed E-state index contributed by atoms with van der Waals surface area (Å²) in [6.07, 6.45) is 1.26. The number of hydrogen-bond acceptors (Lipinski definition) is 8. The standard InChI is InChI=1S/C31H42N6O6.C2H4O2/c1-19(2)15-25-30(42)33-14-6-9-24(36-28(40)23(32)16-21-10-12-22(38)13-11-21)29(41)34-18-27(39)35-26(31(43)37-25)17-20-7-4-3-5-8-20;1-2(3)4/h3-5,7-8,10-13,19,23-26,38H,6,9,14-18,32H2,1-2H3,(H,33,42)(H,34,41)(H,35,39)(H,36,40)(H,37,43);1H3,(H,3,4)/t23-,24+,25-,26-;/m0./s1. The third kappa shape index (κ3) is 14.8. The molecule has 14 nitrogen and oxygen atoms in total. The Kier molecular flexibility index (Phi) is 15.9. The largest absolute Gasteiger partial charge is 0.508 e. The van der Waals surface area contributed by atoms with Gasteiger partial charge < -0.3 is 42.5 Å². The Hall–Kier alpha value is -4.98. The van der Waals surface area contributed by atoms with Crippen molar-refractivity contribution >= 4 is 35.5 Å². The van der Waals surface area contributed by atoms with Crippen LogP contribution in [-0.4, -0.2) is 83.0 Å². The summed E-state index contributed by atoms with van der Waals surface area (Å²) in [4.78, 5) is 74.3. The summed E-state index contributed by atoms with van der Waals surface area (Å²) in [6, 6.07) is 11.6. The molecule has 0 radical (unpaired) electrons. The van der Waals surface area contributed by atoms with Gasteiger partial charge in [0.2, 0.25) is 29.5 Å². The molecule has 2 aromatic carbocycles. The summed E-state index contributed by atoms with van der Waals surface area (Å²) in [5.41, 5.74) is 7.64. The lowest BCUT2D eigenvalue weighted by Crippen LogP contribution is -2.56. The summed E-state index contributed by atoms with van der Waals surface area (Å²) in [5.74, 6) is -3.27. The number of amides is 5. The lowest BCUT2D eigenvalue weighted by atomic mass is 10.0. The molecule has 0 spiro atoms. The van der Waals surface area contributed by atoms with E-state index in [-0.39, 0.29) is 43.4 Å². The molecular weight excluding hydrogens is 608 g/mol. The van der Waals surface area contributed by atoms with Crippen LogP contribution in [0.15, 0.2) is 54.6 Å². The lowest BCUT2D eigenvalue weighted by molar-refractivity contribution is -0.134. The number of aromatic hydroxyl groups is 1. The van der Waals surface area contributed by atoms with Gasteiger partial charge >= 0.3 is 0 Å². The normalized spacial score (nSPS) is 20.1. The molecule has 1 heterocycles. The molecule has 0 aliphatic carbocycles. The first-order valence-electron chi connectivity index (χ1n) is 15.5. The molecule has 0 bridgehead atoms. The molecule has 3 rings (SSSR count). The first kappa shape index (κ1) is 38.2. The quantitative estimate of drug-likeness (QED) is 0.193. The van der Waals surface area contributed by atoms with Crippen molar-refractivity contribution in [3.8, 4) is 5.75 Å². The number of carboxylic acids is 1. The third-order valence-electron chi connectivity index (χ3n) is 7.03. The number of nitrogens with one attached hydrogen (secondary N) is 5. The number of phenols is 1. The van der Waals surface area contributed by atoms with E-state index in [9.17, 15) is 29.1 Å². The van der Waals surface area contributed by atoms with E-state index in [0.717, 1.165) is 18.1 Å². The van der Waals surface area contributed by atoms with Crippen molar-refractivity contribution in [3.63, 3.8) is 0 Å². The first-order chi connectivity index (χ1) is 22.2. The highest BCUT2D eigenvalue weighted by molar-refractivity contribution is 5.94. The molecule has 1 saturated heterocycles. The van der Waals surface area contributed by atoms with Crippen LogP contribution < -0.4 is 32.3 Å². The van der Waals surface area contributed by atoms with Crippen molar-refractivity contribution < 1.29 is 39.0 Å². The van der Waals surface area contributed by atoms with Crippen LogP contribution in [0.5, 0.6) is 5.75 Å². The fourth-order valence-electron chi connectivity index (χ4n) is 4.74. The molecule has 9 N–H and O–H groups in total. The van der Waals surface area contributed by atoms with Crippen LogP contribution >= 0.6 is 0 Å². The molecule has 0 saturated carbocycles. The number of aliphatic carboxylic acids is 1. The van der Waals surface area contributed by atoms with Gasteiger partial charge in [0.25, 0.3) is 5.97 Å². The van der Waals surface area contributed by atoms with E-state index >= 15 is 0 Å². The van der Waals surface area contributed by atoms with E-state index in [2.05, 4.69) is 26.6 Å². The Morgan fingerprint density at radius 3 is 2.15 bits per heavy atom. The zero-order valence-corrected chi connectivity index (χ0v) is 27.0. The van der Waals surface area contributed by atoms with Crippen LogP contribution in [0.25, 0.3) is 0 Å². The van der Waals surface area contributed by atoms with E-state index in [1.54, 1.807) is 12.1 Å². The average molecular weight is 655 g/mol. The Morgan fingerprint density at radius 1 is 0.894 bits per heavy atom. The molecule has 4 atom stereocenters. The monoisotopic (exact) mass is 654 g/mol. The number of carbonyl (C=O) groups is 6. The molecule has 14 heteroatoms. The molecule has 2 aromatic rings. The molecule has 1 aliphatic rings. The van der Waals surface area contributed by atoms with Crippen LogP contribution in [0.2, 0.25) is 0 Å². The maximum absolute atomic E-state index is 13.3. The van der Waals surface area contributed by atoms with Gasteiger partial charge in [-0.2, -0.15) is 0 Å². The number of carboxylic acid groups (broad SMARTS) is 1. The molecule has 5 amide bonds. The van der Waals surface area contributed by atoms with Gasteiger partial charge in [0.1, 0.15) is 23.9 Å². The molecular formula is C33H46N6O8. The SMILES string of the molecule is CC(=O)O.CC(C)C[C@@H]1NC(=O)[C@H](Cc2ccccc2)NC(=O)CNC(=O)[C@H](NC(=O)[C@@H](N)Cc2ccc(O)cc2)CCCNC1=O. The zero-order chi connectivity index (χ0) is 34.9. The van der Waals surface area contributed by atoms with Gasteiger partial charge in [0.05, 0.1) is 12.6 Å². The van der Waals surface area contributed by atoms with Gasteiger partial charge in [-0.05, 0) is 54.9 Å². The summed E-state index contributed by atoms with van der Waals surface area (Å²) >= 11 is 0. The fraction of sp³-hybridized carbons (Fsp3) is 0.455. The average Bonchev–Trinajstić information content (AvgIpc) is 3.01. The van der Waals surface area contributed by atoms with Crippen molar-refractivity contribution in [1.82, 2.24) is 26.6 Å². The van der Waals surface area contributed by atoms with Gasteiger partial charge in [0, 0.05) is 19.9 Å². The van der Waals surface area contributed by atoms with Crippen LogP contribution in [-0.2, 0) is 41.6 Å². The maximum Gasteiger partial charge on any atom is 0.300 e. The van der Waals surface area contributed by atoms with E-state index in [0.29, 0.717) is 12.8 Å². The summed E-state index contributed by atoms with van der Waals surface area (Å²) in [6.45, 7) is 4.74. The summed E-state index contributed by atoms with van der Waals surface area (Å²) < 4.78 is 0. The topological polar surface area (TPSA) is 229 Å². The van der Waals surface area contributed by atoms with Gasteiger partial charge in [-0.15, -0.1) is 0 Å². The van der Waals surface area contributed by atoms with Gasteiger partial charge in [0.15, 0.2) is 0 Å². The Labute approximate surface area is 274 Å². The Bertz CT molecular complexity index is 1350. The highest BCUT2D eigenvalue weighted by Crippen LogP contribution is 2.12. The highest BCUT2D eigenvalue weighted by Gasteiger charge is 2.29. The van der Waals surface area contributed by atoms with Gasteiger partial charge in [-0.25, -0.2) is 0 Å². The van der Waals surface area contributed by atoms with Gasteiger partial charge in [-0.3, -0.25) is 28.8 Å². The maximum atomic E-state index is 13.3. The smallest absolute Gasteiger partial charge is 0.300 e. The van der Waals surface area contributed by atoms with E-state index in [4.69, 9.17) is 15.6 Å². The van der Waals surface area contributed by atoms with Crippen molar-refractivity contribution in [2.24, 2.45) is 11.7 Å². The minimum atomic E-state index is -1.01. The number of hydrogen-bond donors (Lipinski definition) is 8. The molecule has 0 aromatic heterocycles. The number of benzene rings is 2. The van der Waals surface area contributed by atoms with Crippen molar-refractivity contribution in [3.05, 3.63) is 65.7 Å². The number of carbonyl (C=O) groups excluding carboxylic acids is 5.